The van der Waals surface area contributed by atoms with E-state index < -0.39 is 17.5 Å². The molecule has 0 unspecified atom stereocenters. The van der Waals surface area contributed by atoms with Gasteiger partial charge < -0.3 is 19.7 Å². The summed E-state index contributed by atoms with van der Waals surface area (Å²) in [7, 11) is 0. The molecule has 4 rings (SSSR count). The van der Waals surface area contributed by atoms with Gasteiger partial charge in [0.05, 0.1) is 35.7 Å². The fourth-order valence-electron chi connectivity index (χ4n) is 3.42. The number of nitrogens with one attached hydrogen (secondary N) is 1. The molecule has 2 aromatic rings. The number of carbonyl (C=O) groups is 1. The van der Waals surface area contributed by atoms with Gasteiger partial charge in [-0.15, -0.1) is 0 Å². The van der Waals surface area contributed by atoms with Crippen LogP contribution in [0.25, 0.3) is 0 Å². The van der Waals surface area contributed by atoms with Gasteiger partial charge in [-0.2, -0.15) is 0 Å². The largest absolute Gasteiger partial charge is 0.356 e. The molecular weight excluding hydrogens is 373 g/mol. The van der Waals surface area contributed by atoms with E-state index in [0.717, 1.165) is 31.7 Å². The van der Waals surface area contributed by atoms with E-state index in [1.807, 2.05) is 6.07 Å². The second-order valence-corrected chi connectivity index (χ2v) is 6.96. The van der Waals surface area contributed by atoms with Crippen LogP contribution in [0.2, 0.25) is 5.02 Å². The van der Waals surface area contributed by atoms with Crippen LogP contribution in [0.3, 0.4) is 0 Å². The SMILES string of the molecule is O=C(Nc1ccc(N2CCC3(CC2)OCCO3)nc1)c1c(F)cccc1Cl. The first-order chi connectivity index (χ1) is 13.1. The van der Waals surface area contributed by atoms with E-state index >= 15 is 0 Å². The Bertz CT molecular complexity index is 810. The molecule has 0 bridgehead atoms. The van der Waals surface area contributed by atoms with Crippen LogP contribution in [0.15, 0.2) is 36.5 Å². The van der Waals surface area contributed by atoms with Gasteiger partial charge in [0, 0.05) is 25.9 Å². The number of benzene rings is 1. The van der Waals surface area contributed by atoms with Gasteiger partial charge in [0.25, 0.3) is 5.91 Å². The molecule has 0 radical (unpaired) electrons. The third-order valence-corrected chi connectivity index (χ3v) is 5.17. The number of rotatable bonds is 3. The number of aromatic nitrogens is 1. The predicted molar refractivity (Wildman–Crippen MR) is 99.7 cm³/mol. The molecule has 8 heteroatoms. The van der Waals surface area contributed by atoms with E-state index in [1.54, 1.807) is 12.3 Å². The van der Waals surface area contributed by atoms with Crippen LogP contribution in [0.4, 0.5) is 15.9 Å². The summed E-state index contributed by atoms with van der Waals surface area (Å²) in [6.45, 7) is 2.87. The van der Waals surface area contributed by atoms with Crippen LogP contribution < -0.4 is 10.2 Å². The Morgan fingerprint density at radius 2 is 1.93 bits per heavy atom. The minimum Gasteiger partial charge on any atom is -0.356 e. The summed E-state index contributed by atoms with van der Waals surface area (Å²) in [5.74, 6) is -0.889. The van der Waals surface area contributed by atoms with Crippen molar-refractivity contribution in [2.45, 2.75) is 18.6 Å². The lowest BCUT2D eigenvalue weighted by molar-refractivity contribution is -0.169. The molecule has 0 atom stereocenters. The quantitative estimate of drug-likeness (QED) is 0.868. The van der Waals surface area contributed by atoms with Crippen LogP contribution >= 0.6 is 11.6 Å². The fraction of sp³-hybridized carbons (Fsp3) is 0.368. The molecule has 0 aliphatic carbocycles. The Balaban J connectivity index is 1.40. The zero-order valence-electron chi connectivity index (χ0n) is 14.6. The molecule has 2 fully saturated rings. The first kappa shape index (κ1) is 18.2. The van der Waals surface area contributed by atoms with Gasteiger partial charge in [-0.05, 0) is 24.3 Å². The maximum atomic E-state index is 13.8. The summed E-state index contributed by atoms with van der Waals surface area (Å²) in [5.41, 5.74) is 0.292. The molecule has 27 heavy (non-hydrogen) atoms. The second-order valence-electron chi connectivity index (χ2n) is 6.55. The molecule has 1 amide bonds. The van der Waals surface area contributed by atoms with Gasteiger partial charge in [0.2, 0.25) is 0 Å². The summed E-state index contributed by atoms with van der Waals surface area (Å²) < 4.78 is 25.3. The lowest BCUT2D eigenvalue weighted by atomic mass is 10.0. The Morgan fingerprint density at radius 1 is 1.19 bits per heavy atom. The van der Waals surface area contributed by atoms with Gasteiger partial charge in [-0.3, -0.25) is 4.79 Å². The van der Waals surface area contributed by atoms with Crippen LogP contribution in [-0.4, -0.2) is 43.0 Å². The van der Waals surface area contributed by atoms with Crippen molar-refractivity contribution >= 4 is 29.0 Å². The molecule has 6 nitrogen and oxygen atoms in total. The van der Waals surface area contributed by atoms with E-state index in [4.69, 9.17) is 21.1 Å². The first-order valence-electron chi connectivity index (χ1n) is 8.81. The van der Waals surface area contributed by atoms with Crippen molar-refractivity contribution in [1.29, 1.82) is 0 Å². The van der Waals surface area contributed by atoms with Crippen LogP contribution in [-0.2, 0) is 9.47 Å². The number of ether oxygens (including phenoxy) is 2. The summed E-state index contributed by atoms with van der Waals surface area (Å²) in [5, 5.41) is 2.69. The van der Waals surface area contributed by atoms with Gasteiger partial charge >= 0.3 is 0 Å². The van der Waals surface area contributed by atoms with Crippen molar-refractivity contribution in [2.75, 3.05) is 36.5 Å². The summed E-state index contributed by atoms with van der Waals surface area (Å²) in [4.78, 5) is 18.8. The summed E-state index contributed by atoms with van der Waals surface area (Å²) in [6, 6.07) is 7.69. The van der Waals surface area contributed by atoms with Crippen molar-refractivity contribution in [3.05, 3.63) is 52.9 Å². The number of hydrogen-bond acceptors (Lipinski definition) is 5. The third kappa shape index (κ3) is 3.76. The first-order valence-corrected chi connectivity index (χ1v) is 9.18. The highest BCUT2D eigenvalue weighted by Crippen LogP contribution is 2.32. The van der Waals surface area contributed by atoms with E-state index in [2.05, 4.69) is 15.2 Å². The van der Waals surface area contributed by atoms with Crippen molar-refractivity contribution in [3.8, 4) is 0 Å². The van der Waals surface area contributed by atoms with Crippen LogP contribution in [0.1, 0.15) is 23.2 Å². The van der Waals surface area contributed by atoms with Gasteiger partial charge in [0.15, 0.2) is 5.79 Å². The van der Waals surface area contributed by atoms with E-state index in [-0.39, 0.29) is 10.6 Å². The lowest BCUT2D eigenvalue weighted by Gasteiger charge is -2.38. The van der Waals surface area contributed by atoms with Crippen molar-refractivity contribution < 1.29 is 18.7 Å². The number of amides is 1. The van der Waals surface area contributed by atoms with Gasteiger partial charge in [-0.1, -0.05) is 17.7 Å². The van der Waals surface area contributed by atoms with E-state index in [0.29, 0.717) is 18.9 Å². The second kappa shape index (κ2) is 7.42. The van der Waals surface area contributed by atoms with Crippen LogP contribution in [0.5, 0.6) is 0 Å². The van der Waals surface area contributed by atoms with Gasteiger partial charge in [0.1, 0.15) is 11.6 Å². The van der Waals surface area contributed by atoms with Crippen molar-refractivity contribution in [3.63, 3.8) is 0 Å². The smallest absolute Gasteiger partial charge is 0.260 e. The predicted octanol–water partition coefficient (Wildman–Crippen LogP) is 3.47. The molecule has 3 heterocycles. The maximum Gasteiger partial charge on any atom is 0.260 e. The highest BCUT2D eigenvalue weighted by molar-refractivity contribution is 6.34. The average molecular weight is 392 g/mol. The Labute approximate surface area is 161 Å². The Morgan fingerprint density at radius 3 is 2.56 bits per heavy atom. The molecule has 1 N–H and O–H groups in total. The summed E-state index contributed by atoms with van der Waals surface area (Å²) >= 11 is 5.93. The molecule has 2 aliphatic rings. The normalized spacial score (nSPS) is 18.7. The zero-order chi connectivity index (χ0) is 18.9. The topological polar surface area (TPSA) is 63.7 Å². The van der Waals surface area contributed by atoms with E-state index in [9.17, 15) is 9.18 Å². The number of anilines is 2. The molecule has 2 saturated heterocycles. The molecule has 142 valence electrons. The standard InChI is InChI=1S/C19H19ClFN3O3/c20-14-2-1-3-15(21)17(14)18(25)23-13-4-5-16(22-12-13)24-8-6-19(7-9-24)26-10-11-27-19/h1-5,12H,6-11H2,(H,23,25). The summed E-state index contributed by atoms with van der Waals surface area (Å²) in [6.07, 6.45) is 3.13. The molecule has 0 saturated carbocycles. The molecule has 1 aromatic carbocycles. The number of hydrogen-bond donors (Lipinski definition) is 1. The number of halogens is 2. The maximum absolute atomic E-state index is 13.8. The number of carbonyl (C=O) groups excluding carboxylic acids is 1. The molecule has 1 spiro atoms. The Kier molecular flexibility index (Phi) is 4.99. The fourth-order valence-corrected chi connectivity index (χ4v) is 3.67. The monoisotopic (exact) mass is 391 g/mol. The lowest BCUT2D eigenvalue weighted by Crippen LogP contribution is -2.45. The minimum atomic E-state index is -0.664. The highest BCUT2D eigenvalue weighted by Gasteiger charge is 2.39. The van der Waals surface area contributed by atoms with Gasteiger partial charge in [-0.25, -0.2) is 9.37 Å². The average Bonchev–Trinajstić information content (AvgIpc) is 3.11. The molecule has 1 aromatic heterocycles. The zero-order valence-corrected chi connectivity index (χ0v) is 15.3. The van der Waals surface area contributed by atoms with E-state index in [1.165, 1.54) is 18.2 Å². The van der Waals surface area contributed by atoms with Crippen LogP contribution in [0, 0.1) is 5.82 Å². The number of nitrogens with zero attached hydrogens (tertiary/aromatic N) is 2. The molecular formula is C19H19ClFN3O3. The highest BCUT2D eigenvalue weighted by atomic mass is 35.5. The molecule has 2 aliphatic heterocycles. The number of pyridine rings is 1. The number of piperidine rings is 1. The Hall–Kier alpha value is -2.22. The third-order valence-electron chi connectivity index (χ3n) is 4.86. The van der Waals surface area contributed by atoms with Crippen molar-refractivity contribution in [1.82, 2.24) is 4.98 Å². The van der Waals surface area contributed by atoms with Crippen molar-refractivity contribution in [2.24, 2.45) is 0 Å². The minimum absolute atomic E-state index is 0.0654.